The minimum Gasteiger partial charge on any atom is -0.357 e. The van der Waals surface area contributed by atoms with Gasteiger partial charge in [-0.2, -0.15) is 0 Å². The minimum atomic E-state index is -0.716. The van der Waals surface area contributed by atoms with E-state index in [1.165, 1.54) is 0 Å². The molecule has 1 atom stereocenters. The van der Waals surface area contributed by atoms with Crippen LogP contribution in [0.5, 0.6) is 0 Å². The Hall–Kier alpha value is -3.47. The van der Waals surface area contributed by atoms with E-state index in [1.54, 1.807) is 13.2 Å². The molecule has 1 saturated carbocycles. The molecule has 152 valence electrons. The molecule has 1 unspecified atom stereocenters. The Morgan fingerprint density at radius 2 is 1.70 bits per heavy atom. The maximum atomic E-state index is 13.3. The van der Waals surface area contributed by atoms with Gasteiger partial charge in [-0.1, -0.05) is 54.6 Å². The van der Waals surface area contributed by atoms with Crippen LogP contribution in [-0.4, -0.2) is 23.8 Å². The fraction of sp³-hybridized carbons (Fsp3) is 0.240. The molecule has 2 aromatic carbocycles. The van der Waals surface area contributed by atoms with Gasteiger partial charge in [0.05, 0.1) is 5.41 Å². The second-order valence-corrected chi connectivity index (χ2v) is 7.78. The maximum absolute atomic E-state index is 13.3. The van der Waals surface area contributed by atoms with Gasteiger partial charge >= 0.3 is 0 Å². The van der Waals surface area contributed by atoms with Crippen molar-refractivity contribution >= 4 is 11.8 Å². The van der Waals surface area contributed by atoms with Crippen LogP contribution in [0.2, 0.25) is 0 Å². The highest BCUT2D eigenvalue weighted by atomic mass is 16.2. The fourth-order valence-corrected chi connectivity index (χ4v) is 3.85. The summed E-state index contributed by atoms with van der Waals surface area (Å²) in [6, 6.07) is 20.7. The predicted molar refractivity (Wildman–Crippen MR) is 117 cm³/mol. The number of hydrogen-bond donors (Lipinski definition) is 2. The van der Waals surface area contributed by atoms with Crippen molar-refractivity contribution < 1.29 is 9.59 Å². The summed E-state index contributed by atoms with van der Waals surface area (Å²) in [6.07, 6.45) is 3.34. The highest BCUT2D eigenvalue weighted by Gasteiger charge is 2.52. The molecule has 1 fully saturated rings. The number of amides is 2. The molecule has 0 radical (unpaired) electrons. The Balaban J connectivity index is 1.61. The lowest BCUT2D eigenvalue weighted by atomic mass is 9.91. The van der Waals surface area contributed by atoms with Crippen molar-refractivity contribution in [1.82, 2.24) is 15.6 Å². The average molecular weight is 399 g/mol. The quantitative estimate of drug-likeness (QED) is 0.664. The summed E-state index contributed by atoms with van der Waals surface area (Å²) >= 11 is 0. The first kappa shape index (κ1) is 19.8. The molecule has 1 heterocycles. The molecule has 4 rings (SSSR count). The fourth-order valence-electron chi connectivity index (χ4n) is 3.85. The lowest BCUT2D eigenvalue weighted by Crippen LogP contribution is -2.43. The summed E-state index contributed by atoms with van der Waals surface area (Å²) in [5.41, 5.74) is 4.25. The van der Waals surface area contributed by atoms with Crippen LogP contribution in [0.1, 0.15) is 35.7 Å². The summed E-state index contributed by atoms with van der Waals surface area (Å²) in [5, 5.41) is 5.65. The van der Waals surface area contributed by atoms with Crippen molar-refractivity contribution in [2.45, 2.75) is 31.2 Å². The van der Waals surface area contributed by atoms with E-state index in [0.717, 1.165) is 40.8 Å². The van der Waals surface area contributed by atoms with Crippen molar-refractivity contribution in [3.8, 4) is 11.1 Å². The van der Waals surface area contributed by atoms with E-state index in [9.17, 15) is 9.59 Å². The Morgan fingerprint density at radius 1 is 0.967 bits per heavy atom. The molecule has 5 heteroatoms. The van der Waals surface area contributed by atoms with Crippen LogP contribution in [0, 0.1) is 6.92 Å². The van der Waals surface area contributed by atoms with Gasteiger partial charge in [-0.05, 0) is 54.2 Å². The molecule has 3 aromatic rings. The molecule has 5 nitrogen and oxygen atoms in total. The largest absolute Gasteiger partial charge is 0.357 e. The third-order valence-corrected chi connectivity index (χ3v) is 5.75. The van der Waals surface area contributed by atoms with E-state index < -0.39 is 11.5 Å². The zero-order valence-corrected chi connectivity index (χ0v) is 17.2. The van der Waals surface area contributed by atoms with Crippen LogP contribution in [0.4, 0.5) is 0 Å². The topological polar surface area (TPSA) is 71.1 Å². The molecule has 0 aliphatic heterocycles. The number of benzene rings is 2. The molecular weight excluding hydrogens is 374 g/mol. The summed E-state index contributed by atoms with van der Waals surface area (Å²) < 4.78 is 0. The lowest BCUT2D eigenvalue weighted by molar-refractivity contribution is -0.130. The van der Waals surface area contributed by atoms with Crippen LogP contribution in [0.15, 0.2) is 72.9 Å². The Bertz CT molecular complexity index is 1070. The van der Waals surface area contributed by atoms with E-state index in [2.05, 4.69) is 21.7 Å². The van der Waals surface area contributed by atoms with Gasteiger partial charge in [0.15, 0.2) is 0 Å². The first-order valence-electron chi connectivity index (χ1n) is 10.1. The third-order valence-electron chi connectivity index (χ3n) is 5.75. The van der Waals surface area contributed by atoms with Gasteiger partial charge in [-0.25, -0.2) is 0 Å². The number of nitrogens with one attached hydrogen (secondary N) is 2. The van der Waals surface area contributed by atoms with Gasteiger partial charge in [-0.3, -0.25) is 14.6 Å². The number of nitrogens with zero attached hydrogens (tertiary/aromatic N) is 1. The van der Waals surface area contributed by atoms with Crippen LogP contribution in [0.3, 0.4) is 0 Å². The number of pyridine rings is 1. The van der Waals surface area contributed by atoms with Crippen LogP contribution in [0.25, 0.3) is 11.1 Å². The summed E-state index contributed by atoms with van der Waals surface area (Å²) in [5.74, 6) is -0.339. The molecular formula is C25H25N3O2. The molecule has 0 bridgehead atoms. The van der Waals surface area contributed by atoms with E-state index >= 15 is 0 Å². The number of aromatic nitrogens is 1. The summed E-state index contributed by atoms with van der Waals surface area (Å²) in [6.45, 7) is 1.96. The molecule has 2 N–H and O–H groups in total. The SMILES string of the molecule is CNC(=O)C(NC(=O)C1(c2cccc(-c3ccnc(C)c3)c2)CC1)c1ccccc1. The molecule has 1 aliphatic rings. The third kappa shape index (κ3) is 3.83. The van der Waals surface area contributed by atoms with E-state index in [4.69, 9.17) is 0 Å². The van der Waals surface area contributed by atoms with Crippen molar-refractivity contribution in [1.29, 1.82) is 0 Å². The minimum absolute atomic E-state index is 0.108. The van der Waals surface area contributed by atoms with E-state index in [1.807, 2.05) is 67.6 Å². The smallest absolute Gasteiger partial charge is 0.246 e. The average Bonchev–Trinajstić information content (AvgIpc) is 3.60. The van der Waals surface area contributed by atoms with Crippen LogP contribution in [-0.2, 0) is 15.0 Å². The zero-order chi connectivity index (χ0) is 21.1. The number of carbonyl (C=O) groups excluding carboxylic acids is 2. The van der Waals surface area contributed by atoms with Crippen molar-refractivity contribution in [3.05, 3.63) is 89.7 Å². The monoisotopic (exact) mass is 399 g/mol. The van der Waals surface area contributed by atoms with E-state index in [0.29, 0.717) is 0 Å². The lowest BCUT2D eigenvalue weighted by Gasteiger charge is -2.22. The molecule has 1 aliphatic carbocycles. The Kier molecular flexibility index (Phi) is 5.36. The van der Waals surface area contributed by atoms with Gasteiger partial charge in [-0.15, -0.1) is 0 Å². The number of hydrogen-bond acceptors (Lipinski definition) is 3. The van der Waals surface area contributed by atoms with Gasteiger partial charge in [0.2, 0.25) is 11.8 Å². The second-order valence-electron chi connectivity index (χ2n) is 7.78. The van der Waals surface area contributed by atoms with Gasteiger partial charge in [0.25, 0.3) is 0 Å². The van der Waals surface area contributed by atoms with E-state index in [-0.39, 0.29) is 11.8 Å². The first-order valence-corrected chi connectivity index (χ1v) is 10.1. The highest BCUT2D eigenvalue weighted by molar-refractivity contribution is 5.95. The van der Waals surface area contributed by atoms with Gasteiger partial charge < -0.3 is 10.6 Å². The van der Waals surface area contributed by atoms with Gasteiger partial charge in [0, 0.05) is 18.9 Å². The predicted octanol–water partition coefficient (Wildman–Crippen LogP) is 3.69. The Labute approximate surface area is 176 Å². The van der Waals surface area contributed by atoms with Crippen molar-refractivity contribution in [2.75, 3.05) is 7.05 Å². The van der Waals surface area contributed by atoms with Crippen molar-refractivity contribution in [2.24, 2.45) is 0 Å². The van der Waals surface area contributed by atoms with Gasteiger partial charge in [0.1, 0.15) is 6.04 Å². The molecule has 0 saturated heterocycles. The van der Waals surface area contributed by atoms with Crippen LogP contribution < -0.4 is 10.6 Å². The number of rotatable bonds is 6. The second kappa shape index (κ2) is 8.11. The molecule has 30 heavy (non-hydrogen) atoms. The number of likely N-dealkylation sites (N-methyl/N-ethyl adjacent to an activating group) is 1. The Morgan fingerprint density at radius 3 is 2.37 bits per heavy atom. The van der Waals surface area contributed by atoms with Crippen LogP contribution >= 0.6 is 0 Å². The highest BCUT2D eigenvalue weighted by Crippen LogP contribution is 2.49. The number of aryl methyl sites for hydroxylation is 1. The first-order chi connectivity index (χ1) is 14.5. The normalized spacial score (nSPS) is 15.1. The zero-order valence-electron chi connectivity index (χ0n) is 17.2. The molecule has 2 amide bonds. The van der Waals surface area contributed by atoms with Crippen molar-refractivity contribution in [3.63, 3.8) is 0 Å². The number of carbonyl (C=O) groups is 2. The summed E-state index contributed by atoms with van der Waals surface area (Å²) in [4.78, 5) is 30.1. The molecule has 0 spiro atoms. The molecule has 1 aromatic heterocycles. The summed E-state index contributed by atoms with van der Waals surface area (Å²) in [7, 11) is 1.58. The maximum Gasteiger partial charge on any atom is 0.246 e. The standard InChI is InChI=1S/C25H25N3O2/c1-17-15-20(11-14-27-17)19-9-6-10-21(16-19)25(12-13-25)24(30)28-22(23(29)26-2)18-7-4-3-5-8-18/h3-11,14-16,22H,12-13H2,1-2H3,(H,26,29)(H,28,30).